The normalized spacial score (nSPS) is 22.6. The van der Waals surface area contributed by atoms with Crippen LogP contribution in [0.25, 0.3) is 0 Å². The number of rotatable bonds is 4. The third kappa shape index (κ3) is 2.23. The molecule has 0 fully saturated rings. The monoisotopic (exact) mass is 198 g/mol. The summed E-state index contributed by atoms with van der Waals surface area (Å²) >= 11 is 0. The molecule has 80 valence electrons. The highest BCUT2D eigenvalue weighted by atomic mass is 16.3. The predicted molar refractivity (Wildman–Crippen MR) is 54.8 cm³/mol. The van der Waals surface area contributed by atoms with Crippen LogP contribution in [0.4, 0.5) is 0 Å². The molecule has 1 aliphatic carbocycles. The molecule has 0 radical (unpaired) electrons. The van der Waals surface area contributed by atoms with Crippen LogP contribution >= 0.6 is 0 Å². The Morgan fingerprint density at radius 3 is 2.43 bits per heavy atom. The van der Waals surface area contributed by atoms with Crippen LogP contribution in [0.15, 0.2) is 22.8 Å². The molecule has 0 spiro atoms. The van der Waals surface area contributed by atoms with Crippen molar-refractivity contribution < 1.29 is 15.3 Å². The minimum Gasteiger partial charge on any atom is -0.396 e. The molecular weight excluding hydrogens is 180 g/mol. The van der Waals surface area contributed by atoms with Crippen LogP contribution in [0.1, 0.15) is 19.8 Å². The highest BCUT2D eigenvalue weighted by Crippen LogP contribution is 2.30. The molecule has 0 bridgehead atoms. The van der Waals surface area contributed by atoms with Crippen molar-refractivity contribution in [1.29, 1.82) is 0 Å². The number of aliphatic hydroxyl groups excluding tert-OH is 3. The van der Waals surface area contributed by atoms with E-state index in [1.54, 1.807) is 0 Å². The van der Waals surface area contributed by atoms with Gasteiger partial charge in [0.15, 0.2) is 0 Å². The van der Waals surface area contributed by atoms with E-state index in [1.807, 2.05) is 13.0 Å². The summed E-state index contributed by atoms with van der Waals surface area (Å²) < 4.78 is 0. The van der Waals surface area contributed by atoms with E-state index in [-0.39, 0.29) is 25.7 Å². The number of aliphatic hydroxyl groups is 3. The first kappa shape index (κ1) is 11.4. The summed E-state index contributed by atoms with van der Waals surface area (Å²) in [5.41, 5.74) is 2.78. The molecule has 0 heterocycles. The fourth-order valence-electron chi connectivity index (χ4n) is 1.95. The second kappa shape index (κ2) is 5.29. The number of allylic oxidation sites excluding steroid dienone is 1. The molecule has 0 aliphatic heterocycles. The average molecular weight is 198 g/mol. The van der Waals surface area contributed by atoms with Crippen molar-refractivity contribution in [3.63, 3.8) is 0 Å². The Labute approximate surface area is 84.4 Å². The maximum atomic E-state index is 9.18. The van der Waals surface area contributed by atoms with Gasteiger partial charge in [0.1, 0.15) is 0 Å². The van der Waals surface area contributed by atoms with Gasteiger partial charge in [-0.3, -0.25) is 0 Å². The highest BCUT2D eigenvalue weighted by molar-refractivity contribution is 5.40. The maximum Gasteiger partial charge on any atom is 0.0684 e. The van der Waals surface area contributed by atoms with Crippen LogP contribution in [-0.2, 0) is 0 Å². The van der Waals surface area contributed by atoms with E-state index in [9.17, 15) is 5.11 Å². The lowest BCUT2D eigenvalue weighted by atomic mass is 9.84. The highest BCUT2D eigenvalue weighted by Gasteiger charge is 2.19. The van der Waals surface area contributed by atoms with Crippen molar-refractivity contribution in [2.24, 2.45) is 5.92 Å². The molecule has 1 aliphatic rings. The van der Waals surface area contributed by atoms with Crippen molar-refractivity contribution in [3.05, 3.63) is 22.8 Å². The smallest absolute Gasteiger partial charge is 0.0684 e. The van der Waals surface area contributed by atoms with E-state index in [0.29, 0.717) is 0 Å². The van der Waals surface area contributed by atoms with Gasteiger partial charge in [0, 0.05) is 12.5 Å². The third-order valence-corrected chi connectivity index (χ3v) is 2.75. The van der Waals surface area contributed by atoms with Crippen molar-refractivity contribution in [2.45, 2.75) is 19.8 Å². The Hall–Kier alpha value is -0.640. The molecule has 1 unspecified atom stereocenters. The molecule has 14 heavy (non-hydrogen) atoms. The van der Waals surface area contributed by atoms with Crippen LogP contribution in [0.3, 0.4) is 0 Å². The number of hydrogen-bond donors (Lipinski definition) is 3. The van der Waals surface area contributed by atoms with Gasteiger partial charge in [-0.1, -0.05) is 18.6 Å². The summed E-state index contributed by atoms with van der Waals surface area (Å²) in [5, 5.41) is 27.4. The van der Waals surface area contributed by atoms with E-state index in [1.165, 1.54) is 0 Å². The zero-order valence-electron chi connectivity index (χ0n) is 8.53. The first-order chi connectivity index (χ1) is 6.76. The first-order valence-corrected chi connectivity index (χ1v) is 5.01. The van der Waals surface area contributed by atoms with Gasteiger partial charge in [-0.15, -0.1) is 0 Å². The van der Waals surface area contributed by atoms with Gasteiger partial charge >= 0.3 is 0 Å². The van der Waals surface area contributed by atoms with Gasteiger partial charge in [0.2, 0.25) is 0 Å². The van der Waals surface area contributed by atoms with Crippen LogP contribution in [0, 0.1) is 5.92 Å². The molecule has 1 atom stereocenters. The van der Waals surface area contributed by atoms with Gasteiger partial charge in [0.25, 0.3) is 0 Å². The molecular formula is C11H18O3. The van der Waals surface area contributed by atoms with Crippen molar-refractivity contribution in [1.82, 2.24) is 0 Å². The topological polar surface area (TPSA) is 60.7 Å². The average Bonchev–Trinajstić information content (AvgIpc) is 2.26. The lowest BCUT2D eigenvalue weighted by Gasteiger charge is -2.24. The predicted octanol–water partition coefficient (Wildman–Crippen LogP) is 0.616. The zero-order valence-corrected chi connectivity index (χ0v) is 8.53. The summed E-state index contributed by atoms with van der Waals surface area (Å²) in [4.78, 5) is 0. The molecule has 0 saturated carbocycles. The molecule has 1 rings (SSSR count). The summed E-state index contributed by atoms with van der Waals surface area (Å²) in [6, 6.07) is 0. The van der Waals surface area contributed by atoms with Gasteiger partial charge in [-0.25, -0.2) is 0 Å². The standard InChI is InChI=1S/C11H18O3/c1-2-9-3-8(5-12)4-10(6-13)11(9)7-14/h4,8,12-14H,2-3,5-7H2,1H3. The molecule has 0 amide bonds. The van der Waals surface area contributed by atoms with E-state index in [0.717, 1.165) is 29.6 Å². The first-order valence-electron chi connectivity index (χ1n) is 5.01. The van der Waals surface area contributed by atoms with Crippen molar-refractivity contribution in [3.8, 4) is 0 Å². The fraction of sp³-hybridized carbons (Fsp3) is 0.636. The summed E-state index contributed by atoms with van der Waals surface area (Å²) in [5.74, 6) is 0.0994. The Kier molecular flexibility index (Phi) is 4.32. The Balaban J connectivity index is 2.95. The molecule has 0 saturated heterocycles. The zero-order chi connectivity index (χ0) is 10.6. The summed E-state index contributed by atoms with van der Waals surface area (Å²) in [7, 11) is 0. The van der Waals surface area contributed by atoms with Crippen LogP contribution < -0.4 is 0 Å². The third-order valence-electron chi connectivity index (χ3n) is 2.75. The van der Waals surface area contributed by atoms with Crippen LogP contribution in [-0.4, -0.2) is 35.1 Å². The number of hydrogen-bond acceptors (Lipinski definition) is 3. The van der Waals surface area contributed by atoms with E-state index in [4.69, 9.17) is 10.2 Å². The van der Waals surface area contributed by atoms with Crippen LogP contribution in [0.2, 0.25) is 0 Å². The van der Waals surface area contributed by atoms with Gasteiger partial charge in [-0.2, -0.15) is 0 Å². The minimum absolute atomic E-state index is 0.0201. The van der Waals surface area contributed by atoms with Gasteiger partial charge in [0.05, 0.1) is 13.2 Å². The second-order valence-corrected chi connectivity index (χ2v) is 3.59. The molecule has 0 aromatic heterocycles. The molecule has 3 heteroatoms. The molecule has 3 N–H and O–H groups in total. The molecule has 0 aromatic carbocycles. The van der Waals surface area contributed by atoms with E-state index < -0.39 is 0 Å². The van der Waals surface area contributed by atoms with E-state index in [2.05, 4.69) is 0 Å². The van der Waals surface area contributed by atoms with E-state index >= 15 is 0 Å². The van der Waals surface area contributed by atoms with Crippen molar-refractivity contribution in [2.75, 3.05) is 19.8 Å². The lowest BCUT2D eigenvalue weighted by Crippen LogP contribution is -2.16. The summed E-state index contributed by atoms with van der Waals surface area (Å²) in [6.07, 6.45) is 3.53. The Morgan fingerprint density at radius 1 is 1.29 bits per heavy atom. The molecule has 0 aromatic rings. The largest absolute Gasteiger partial charge is 0.396 e. The maximum absolute atomic E-state index is 9.18. The van der Waals surface area contributed by atoms with Crippen molar-refractivity contribution >= 4 is 0 Å². The summed E-state index contributed by atoms with van der Waals surface area (Å²) in [6.45, 7) is 2.05. The van der Waals surface area contributed by atoms with Gasteiger partial charge < -0.3 is 15.3 Å². The van der Waals surface area contributed by atoms with Gasteiger partial charge in [-0.05, 0) is 24.0 Å². The van der Waals surface area contributed by atoms with Crippen LogP contribution in [0.5, 0.6) is 0 Å². The fourth-order valence-corrected chi connectivity index (χ4v) is 1.95. The quantitative estimate of drug-likeness (QED) is 0.620. The second-order valence-electron chi connectivity index (χ2n) is 3.59. The Bertz CT molecular complexity index is 253. The Morgan fingerprint density at radius 2 is 2.00 bits per heavy atom. The minimum atomic E-state index is -0.0596. The molecule has 3 nitrogen and oxygen atoms in total. The lowest BCUT2D eigenvalue weighted by molar-refractivity contribution is 0.245. The SMILES string of the molecule is CCC1=C(CO)C(CO)=CC(CO)C1.